The first-order valence-electron chi connectivity index (χ1n) is 11.6. The molecule has 1 aromatic carbocycles. The van der Waals surface area contributed by atoms with Crippen LogP contribution in [0.1, 0.15) is 114 Å². The zero-order valence-corrected chi connectivity index (χ0v) is 21.4. The lowest BCUT2D eigenvalue weighted by Gasteiger charge is -2.26. The normalized spacial score (nSPS) is 16.9. The zero-order chi connectivity index (χ0) is 19.3. The molecule has 1 aliphatic rings. The molecule has 1 fully saturated rings. The zero-order valence-electron chi connectivity index (χ0n) is 17.8. The van der Waals surface area contributed by atoms with Crippen molar-refractivity contribution in [2.75, 3.05) is 6.61 Å². The summed E-state index contributed by atoms with van der Waals surface area (Å²) in [6.07, 6.45) is 16.2. The van der Waals surface area contributed by atoms with Crippen molar-refractivity contribution >= 4 is 28.8 Å². The maximum atomic E-state index is 6.30. The van der Waals surface area contributed by atoms with Crippen molar-refractivity contribution in [3.8, 4) is 5.75 Å². The van der Waals surface area contributed by atoms with E-state index >= 15 is 0 Å². The summed E-state index contributed by atoms with van der Waals surface area (Å²) in [6.45, 7) is 5.55. The lowest BCUT2D eigenvalue weighted by atomic mass is 9.81. The van der Waals surface area contributed by atoms with Crippen molar-refractivity contribution in [3.05, 3.63) is 29.3 Å². The van der Waals surface area contributed by atoms with E-state index in [9.17, 15) is 0 Å². The molecule has 2 rings (SSSR count). The fraction of sp³-hybridized carbons (Fsp3) is 0.750. The fourth-order valence-corrected chi connectivity index (χ4v) is 6.54. The summed E-state index contributed by atoms with van der Waals surface area (Å²) < 4.78 is 6.30. The van der Waals surface area contributed by atoms with Crippen molar-refractivity contribution in [3.63, 3.8) is 0 Å². The van der Waals surface area contributed by atoms with E-state index in [2.05, 4.69) is 53.8 Å². The van der Waals surface area contributed by atoms with E-state index in [1.165, 1.54) is 94.4 Å². The second-order valence-corrected chi connectivity index (χ2v) is 12.7. The van der Waals surface area contributed by atoms with Crippen LogP contribution in [0, 0.1) is 0 Å². The van der Waals surface area contributed by atoms with Gasteiger partial charge >= 0.3 is 0 Å². The summed E-state index contributed by atoms with van der Waals surface area (Å²) in [5.41, 5.74) is 3.12. The molecule has 1 aromatic rings. The second-order valence-electron chi connectivity index (χ2n) is 8.36. The van der Waals surface area contributed by atoms with E-state index in [0.717, 1.165) is 18.4 Å². The van der Waals surface area contributed by atoms with Crippen LogP contribution in [0.15, 0.2) is 18.2 Å². The van der Waals surface area contributed by atoms with Gasteiger partial charge < -0.3 is 4.74 Å². The van der Waals surface area contributed by atoms with E-state index in [-0.39, 0.29) is 7.02 Å². The van der Waals surface area contributed by atoms with E-state index in [1.54, 1.807) is 5.56 Å². The smallest absolute Gasteiger partial charge is 0.122 e. The van der Waals surface area contributed by atoms with Crippen LogP contribution in [0.2, 0.25) is 6.04 Å². The predicted octanol–water partition coefficient (Wildman–Crippen LogP) is 7.90. The SMILES string of the molecule is CCCCCC(CCC)c1ccc(OCCC[SiH2]I)c(C2CCCCC2)c1. The van der Waals surface area contributed by atoms with Crippen molar-refractivity contribution in [1.29, 1.82) is 0 Å². The van der Waals surface area contributed by atoms with Gasteiger partial charge in [-0.05, 0) is 61.1 Å². The lowest BCUT2D eigenvalue weighted by molar-refractivity contribution is 0.307. The second kappa shape index (κ2) is 14.0. The summed E-state index contributed by atoms with van der Waals surface area (Å²) in [6, 6.07) is 8.67. The third-order valence-electron chi connectivity index (χ3n) is 6.13. The van der Waals surface area contributed by atoms with Crippen LogP contribution in [0.5, 0.6) is 5.75 Å². The molecule has 0 aliphatic heterocycles. The molecule has 0 heterocycles. The van der Waals surface area contributed by atoms with Crippen LogP contribution < -0.4 is 4.74 Å². The van der Waals surface area contributed by atoms with Gasteiger partial charge in [-0.1, -0.05) is 77.0 Å². The molecule has 3 heteroatoms. The van der Waals surface area contributed by atoms with E-state index in [4.69, 9.17) is 4.74 Å². The molecule has 27 heavy (non-hydrogen) atoms. The molecule has 154 valence electrons. The summed E-state index contributed by atoms with van der Waals surface area (Å²) in [4.78, 5) is 0. The van der Waals surface area contributed by atoms with Gasteiger partial charge in [0.1, 0.15) is 5.75 Å². The highest BCUT2D eigenvalue weighted by atomic mass is 127. The minimum absolute atomic E-state index is 0.141. The van der Waals surface area contributed by atoms with Crippen LogP contribution in [0.25, 0.3) is 0 Å². The Balaban J connectivity index is 2.16. The highest BCUT2D eigenvalue weighted by molar-refractivity contribution is 14.1. The molecule has 0 bridgehead atoms. The van der Waals surface area contributed by atoms with Gasteiger partial charge in [0.2, 0.25) is 0 Å². The first kappa shape index (κ1) is 23.2. The van der Waals surface area contributed by atoms with Gasteiger partial charge in [-0.25, -0.2) is 0 Å². The summed E-state index contributed by atoms with van der Waals surface area (Å²) in [5.74, 6) is 2.66. The van der Waals surface area contributed by atoms with Gasteiger partial charge in [-0.15, -0.1) is 21.8 Å². The largest absolute Gasteiger partial charge is 0.493 e. The molecule has 0 spiro atoms. The Morgan fingerprint density at radius 2 is 1.85 bits per heavy atom. The average Bonchev–Trinajstić information content (AvgIpc) is 2.71. The minimum atomic E-state index is 0.141. The third-order valence-corrected chi connectivity index (χ3v) is 9.18. The number of hydrogen-bond acceptors (Lipinski definition) is 1. The van der Waals surface area contributed by atoms with Crippen molar-refractivity contribution in [1.82, 2.24) is 0 Å². The van der Waals surface area contributed by atoms with Crippen LogP contribution in [0.4, 0.5) is 0 Å². The van der Waals surface area contributed by atoms with Crippen LogP contribution in [0.3, 0.4) is 0 Å². The van der Waals surface area contributed by atoms with Crippen LogP contribution in [-0.4, -0.2) is 13.6 Å². The highest BCUT2D eigenvalue weighted by Gasteiger charge is 2.21. The van der Waals surface area contributed by atoms with Crippen molar-refractivity contribution in [2.45, 2.75) is 109 Å². The molecule has 0 amide bonds. The molecule has 0 aromatic heterocycles. The number of benzene rings is 1. The van der Waals surface area contributed by atoms with Gasteiger partial charge in [-0.2, -0.15) is 0 Å². The summed E-state index contributed by atoms with van der Waals surface area (Å²) >= 11 is 2.60. The minimum Gasteiger partial charge on any atom is -0.493 e. The van der Waals surface area contributed by atoms with E-state index in [1.807, 2.05) is 0 Å². The lowest BCUT2D eigenvalue weighted by Crippen LogP contribution is -2.10. The Morgan fingerprint density at radius 3 is 2.56 bits per heavy atom. The van der Waals surface area contributed by atoms with Gasteiger partial charge in [0.15, 0.2) is 0 Å². The van der Waals surface area contributed by atoms with Crippen LogP contribution in [-0.2, 0) is 0 Å². The maximum Gasteiger partial charge on any atom is 0.122 e. The molecule has 1 atom stereocenters. The van der Waals surface area contributed by atoms with Gasteiger partial charge in [-0.3, -0.25) is 0 Å². The quantitative estimate of drug-likeness (QED) is 0.116. The number of halogens is 1. The Bertz CT molecular complexity index is 513. The first-order chi connectivity index (χ1) is 13.3. The molecular weight excluding hydrogens is 459 g/mol. The Kier molecular flexibility index (Phi) is 12.1. The number of hydrogen-bond donors (Lipinski definition) is 0. The van der Waals surface area contributed by atoms with Crippen molar-refractivity contribution in [2.24, 2.45) is 0 Å². The molecule has 0 saturated heterocycles. The van der Waals surface area contributed by atoms with Crippen LogP contribution >= 0.6 is 21.8 Å². The standard InChI is InChI=1S/C24H41IOSi/c1-3-5-7-12-20(11-4-2)22-15-16-24(26-17-10-18-27-25)23(19-22)21-13-8-6-9-14-21/h15-16,19-21H,3-14,17-18,27H2,1-2H3. The summed E-state index contributed by atoms with van der Waals surface area (Å²) in [5, 5.41) is 0. The number of ether oxygens (including phenoxy) is 1. The predicted molar refractivity (Wildman–Crippen MR) is 132 cm³/mol. The first-order valence-corrected chi connectivity index (χ1v) is 17.7. The maximum absolute atomic E-state index is 6.30. The Hall–Kier alpha value is -0.0331. The molecule has 1 unspecified atom stereocenters. The van der Waals surface area contributed by atoms with Gasteiger partial charge in [0.25, 0.3) is 0 Å². The monoisotopic (exact) mass is 500 g/mol. The van der Waals surface area contributed by atoms with Gasteiger partial charge in [0.05, 0.1) is 13.6 Å². The third kappa shape index (κ3) is 8.08. The molecule has 1 saturated carbocycles. The fourth-order valence-electron chi connectivity index (χ4n) is 4.53. The van der Waals surface area contributed by atoms with Gasteiger partial charge in [0, 0.05) is 0 Å². The average molecular weight is 501 g/mol. The topological polar surface area (TPSA) is 9.23 Å². The van der Waals surface area contributed by atoms with E-state index in [0.29, 0.717) is 0 Å². The molecule has 1 aliphatic carbocycles. The summed E-state index contributed by atoms with van der Waals surface area (Å²) in [7, 11) is 0.141. The van der Waals surface area contributed by atoms with Crippen molar-refractivity contribution < 1.29 is 4.74 Å². The van der Waals surface area contributed by atoms with E-state index < -0.39 is 0 Å². The molecular formula is C24H41IOSi. The highest BCUT2D eigenvalue weighted by Crippen LogP contribution is 2.40. The number of unbranched alkanes of at least 4 members (excludes halogenated alkanes) is 2. The Labute approximate surface area is 183 Å². The molecule has 1 nitrogen and oxygen atoms in total. The molecule has 0 N–H and O–H groups in total. The Morgan fingerprint density at radius 1 is 1.04 bits per heavy atom. The molecule has 0 radical (unpaired) electrons. The number of rotatable bonds is 13.